The van der Waals surface area contributed by atoms with Crippen molar-refractivity contribution in [2.75, 3.05) is 6.61 Å². The van der Waals surface area contributed by atoms with Crippen LogP contribution in [-0.2, 0) is 9.53 Å². The lowest BCUT2D eigenvalue weighted by Crippen LogP contribution is -1.65. The highest BCUT2D eigenvalue weighted by molar-refractivity contribution is 5.70. The topological polar surface area (TPSA) is 29.6 Å². The van der Waals surface area contributed by atoms with Gasteiger partial charge in [0, 0.05) is 0 Å². The van der Waals surface area contributed by atoms with Crippen molar-refractivity contribution >= 4 is 6.29 Å². The summed E-state index contributed by atoms with van der Waals surface area (Å²) in [6.07, 6.45) is 1.31. The van der Waals surface area contributed by atoms with Crippen LogP contribution in [0.1, 0.15) is 13.8 Å². The number of allylic oxidation sites excluding steroid dienone is 1. The van der Waals surface area contributed by atoms with Gasteiger partial charge in [-0.2, -0.15) is 0 Å². The molecule has 1 rings (SSSR count). The Morgan fingerprint density at radius 2 is 2.11 bits per heavy atom. The number of carbonyl (C=O) groups excluding carboxylic acids is 1. The summed E-state index contributed by atoms with van der Waals surface area (Å²) < 4.78 is 4.71. The van der Waals surface area contributed by atoms with E-state index in [1.165, 1.54) is 0 Å². The fourth-order valence-corrected chi connectivity index (χ4v) is 0.0962. The summed E-state index contributed by atoms with van der Waals surface area (Å²) in [7, 11) is 0. The number of hydrogen-bond donors (Lipinski definition) is 0. The first-order valence-corrected chi connectivity index (χ1v) is 2.89. The molecule has 1 heterocycles. The van der Waals surface area contributed by atoms with Crippen LogP contribution in [0.15, 0.2) is 12.2 Å². The molecule has 0 aromatic carbocycles. The number of carbonyl (C=O) groups is 1. The SMILES string of the molecule is C=C(C)C=O.CC1CO1. The maximum atomic E-state index is 9.41. The summed E-state index contributed by atoms with van der Waals surface area (Å²) in [5.74, 6) is 0. The molecule has 1 atom stereocenters. The molecule has 1 saturated heterocycles. The molecule has 0 amide bonds. The molecule has 1 fully saturated rings. The Morgan fingerprint density at radius 1 is 1.89 bits per heavy atom. The number of aldehydes is 1. The van der Waals surface area contributed by atoms with Gasteiger partial charge in [0.2, 0.25) is 0 Å². The van der Waals surface area contributed by atoms with Gasteiger partial charge in [-0.3, -0.25) is 4.79 Å². The Morgan fingerprint density at radius 3 is 2.11 bits per heavy atom. The lowest BCUT2D eigenvalue weighted by Gasteiger charge is -1.65. The normalized spacial score (nSPS) is 21.3. The van der Waals surface area contributed by atoms with Gasteiger partial charge >= 0.3 is 0 Å². The molecule has 52 valence electrons. The van der Waals surface area contributed by atoms with Crippen LogP contribution in [0.3, 0.4) is 0 Å². The van der Waals surface area contributed by atoms with Gasteiger partial charge < -0.3 is 4.74 Å². The summed E-state index contributed by atoms with van der Waals surface area (Å²) in [6, 6.07) is 0. The van der Waals surface area contributed by atoms with Crippen molar-refractivity contribution in [3.63, 3.8) is 0 Å². The number of hydrogen-bond acceptors (Lipinski definition) is 2. The van der Waals surface area contributed by atoms with E-state index in [0.29, 0.717) is 11.7 Å². The summed E-state index contributed by atoms with van der Waals surface area (Å²) in [4.78, 5) is 9.41. The van der Waals surface area contributed by atoms with Crippen molar-refractivity contribution in [3.05, 3.63) is 12.2 Å². The van der Waals surface area contributed by atoms with E-state index in [0.717, 1.165) is 12.9 Å². The molecule has 9 heavy (non-hydrogen) atoms. The Labute approximate surface area is 55.5 Å². The van der Waals surface area contributed by atoms with Gasteiger partial charge in [0.25, 0.3) is 0 Å². The van der Waals surface area contributed by atoms with Crippen LogP contribution in [0, 0.1) is 0 Å². The largest absolute Gasteiger partial charge is 0.373 e. The minimum absolute atomic E-state index is 0.574. The molecular weight excluding hydrogens is 116 g/mol. The second kappa shape index (κ2) is 4.27. The van der Waals surface area contributed by atoms with Gasteiger partial charge in [0.1, 0.15) is 6.29 Å². The molecule has 2 heteroatoms. The van der Waals surface area contributed by atoms with E-state index in [4.69, 9.17) is 4.74 Å². The molecule has 1 unspecified atom stereocenters. The number of epoxide rings is 1. The maximum absolute atomic E-state index is 9.41. The third-order valence-electron chi connectivity index (χ3n) is 0.701. The molecule has 0 radical (unpaired) electrons. The van der Waals surface area contributed by atoms with Gasteiger partial charge in [-0.1, -0.05) is 6.58 Å². The summed E-state index contributed by atoms with van der Waals surface area (Å²) >= 11 is 0. The fraction of sp³-hybridized carbons (Fsp3) is 0.571. The lowest BCUT2D eigenvalue weighted by atomic mass is 10.4. The molecule has 2 nitrogen and oxygen atoms in total. The van der Waals surface area contributed by atoms with Crippen molar-refractivity contribution in [1.82, 2.24) is 0 Å². The third-order valence-corrected chi connectivity index (χ3v) is 0.701. The first-order valence-electron chi connectivity index (χ1n) is 2.89. The van der Waals surface area contributed by atoms with Crippen molar-refractivity contribution in [2.45, 2.75) is 20.0 Å². The van der Waals surface area contributed by atoms with E-state index >= 15 is 0 Å². The summed E-state index contributed by atoms with van der Waals surface area (Å²) in [5, 5.41) is 0. The molecule has 1 aliphatic heterocycles. The van der Waals surface area contributed by atoms with E-state index in [1.807, 2.05) is 0 Å². The molecule has 0 N–H and O–H groups in total. The quantitative estimate of drug-likeness (QED) is 0.301. The van der Waals surface area contributed by atoms with Crippen molar-refractivity contribution in [2.24, 2.45) is 0 Å². The molecular formula is C7H12O2. The van der Waals surface area contributed by atoms with Crippen molar-refractivity contribution in [3.8, 4) is 0 Å². The minimum Gasteiger partial charge on any atom is -0.373 e. The van der Waals surface area contributed by atoms with E-state index < -0.39 is 0 Å². The lowest BCUT2D eigenvalue weighted by molar-refractivity contribution is -0.104. The van der Waals surface area contributed by atoms with Crippen LogP contribution in [0.5, 0.6) is 0 Å². The molecule has 0 saturated carbocycles. The molecule has 1 aliphatic rings. The van der Waals surface area contributed by atoms with Crippen LogP contribution in [0.2, 0.25) is 0 Å². The van der Waals surface area contributed by atoms with Crippen LogP contribution >= 0.6 is 0 Å². The van der Waals surface area contributed by atoms with Gasteiger partial charge in [0.05, 0.1) is 12.7 Å². The van der Waals surface area contributed by atoms with Gasteiger partial charge in [0.15, 0.2) is 0 Å². The maximum Gasteiger partial charge on any atom is 0.145 e. The van der Waals surface area contributed by atoms with Crippen LogP contribution in [0.25, 0.3) is 0 Å². The summed E-state index contributed by atoms with van der Waals surface area (Å²) in [5.41, 5.74) is 0.574. The Hall–Kier alpha value is -0.630. The van der Waals surface area contributed by atoms with Crippen molar-refractivity contribution < 1.29 is 9.53 Å². The summed E-state index contributed by atoms with van der Waals surface area (Å²) in [6.45, 7) is 8.01. The van der Waals surface area contributed by atoms with Gasteiger partial charge in [-0.25, -0.2) is 0 Å². The van der Waals surface area contributed by atoms with Crippen LogP contribution < -0.4 is 0 Å². The first-order chi connectivity index (χ1) is 4.16. The Kier molecular flexibility index (Phi) is 3.97. The second-order valence-electron chi connectivity index (χ2n) is 2.11. The number of ether oxygens (including phenoxy) is 1. The zero-order valence-corrected chi connectivity index (χ0v) is 5.89. The molecule has 0 aromatic rings. The molecule has 0 aromatic heterocycles. The Balaban J connectivity index is 0.000000144. The van der Waals surface area contributed by atoms with Crippen molar-refractivity contribution in [1.29, 1.82) is 0 Å². The molecule has 0 spiro atoms. The zero-order valence-electron chi connectivity index (χ0n) is 5.89. The number of rotatable bonds is 1. The third kappa shape index (κ3) is 11.1. The highest BCUT2D eigenvalue weighted by atomic mass is 16.6. The van der Waals surface area contributed by atoms with Gasteiger partial charge in [-0.05, 0) is 19.4 Å². The fourth-order valence-electron chi connectivity index (χ4n) is 0.0962. The molecule has 0 bridgehead atoms. The predicted octanol–water partition coefficient (Wildman–Crippen LogP) is 1.17. The average molecular weight is 128 g/mol. The Bertz CT molecular complexity index is 103. The van der Waals surface area contributed by atoms with E-state index in [9.17, 15) is 4.79 Å². The van der Waals surface area contributed by atoms with Gasteiger partial charge in [-0.15, -0.1) is 0 Å². The van der Waals surface area contributed by atoms with Crippen LogP contribution in [0.4, 0.5) is 0 Å². The predicted molar refractivity (Wildman–Crippen MR) is 36.3 cm³/mol. The highest BCUT2D eigenvalue weighted by Gasteiger charge is 2.13. The van der Waals surface area contributed by atoms with E-state index in [1.54, 1.807) is 6.92 Å². The smallest absolute Gasteiger partial charge is 0.145 e. The van der Waals surface area contributed by atoms with E-state index in [2.05, 4.69) is 13.5 Å². The second-order valence-corrected chi connectivity index (χ2v) is 2.11. The van der Waals surface area contributed by atoms with E-state index in [-0.39, 0.29) is 0 Å². The monoisotopic (exact) mass is 128 g/mol. The average Bonchev–Trinajstić information content (AvgIpc) is 2.53. The molecule has 0 aliphatic carbocycles. The first kappa shape index (κ1) is 8.37. The highest BCUT2D eigenvalue weighted by Crippen LogP contribution is 2.04. The standard InChI is InChI=1S/C4H6O.C3H6O/c1-4(2)3-5;1-3-2-4-3/h3H,1H2,2H3;3H,2H2,1H3. The zero-order chi connectivity index (χ0) is 7.28. The van der Waals surface area contributed by atoms with Crippen LogP contribution in [-0.4, -0.2) is 19.0 Å². The minimum atomic E-state index is 0.574.